The fraction of sp³-hybridized carbons (Fsp3) is 0.143. The van der Waals surface area contributed by atoms with Crippen molar-refractivity contribution >= 4 is 17.3 Å². The Morgan fingerprint density at radius 1 is 1.58 bits per heavy atom. The minimum absolute atomic E-state index is 0.443. The van der Waals surface area contributed by atoms with Crippen LogP contribution in [0.3, 0.4) is 0 Å². The van der Waals surface area contributed by atoms with E-state index in [4.69, 9.17) is 5.73 Å². The molecular formula is C7H8N4S. The van der Waals surface area contributed by atoms with Crippen LogP contribution in [0, 0.1) is 0 Å². The molecule has 2 heterocycles. The molecule has 0 unspecified atom stereocenters. The Morgan fingerprint density at radius 2 is 2.42 bits per heavy atom. The van der Waals surface area contributed by atoms with Crippen LogP contribution in [-0.4, -0.2) is 14.8 Å². The molecular weight excluding hydrogens is 172 g/mol. The lowest BCUT2D eigenvalue weighted by Gasteiger charge is -1.85. The van der Waals surface area contributed by atoms with E-state index in [0.29, 0.717) is 11.8 Å². The van der Waals surface area contributed by atoms with E-state index in [1.165, 1.54) is 0 Å². The van der Waals surface area contributed by atoms with Gasteiger partial charge in [0.25, 0.3) is 0 Å². The lowest BCUT2D eigenvalue weighted by Crippen LogP contribution is -1.97. The van der Waals surface area contributed by atoms with Gasteiger partial charge in [0.15, 0.2) is 5.82 Å². The molecule has 2 aromatic heterocycles. The van der Waals surface area contributed by atoms with Gasteiger partial charge in [-0.3, -0.25) is 0 Å². The van der Waals surface area contributed by atoms with Gasteiger partial charge in [-0.05, 0) is 11.4 Å². The molecule has 62 valence electrons. The van der Waals surface area contributed by atoms with Crippen molar-refractivity contribution in [3.05, 3.63) is 17.5 Å². The average Bonchev–Trinajstić information content (AvgIpc) is 2.61. The Hall–Kier alpha value is -1.36. The number of nitrogens with zero attached hydrogens (tertiary/aromatic N) is 3. The van der Waals surface area contributed by atoms with Crippen LogP contribution in [0.15, 0.2) is 17.5 Å². The molecule has 2 aromatic rings. The quantitative estimate of drug-likeness (QED) is 0.715. The van der Waals surface area contributed by atoms with Gasteiger partial charge in [0, 0.05) is 7.05 Å². The van der Waals surface area contributed by atoms with E-state index in [1.807, 2.05) is 17.5 Å². The molecule has 0 aliphatic carbocycles. The molecule has 0 aliphatic rings. The Kier molecular flexibility index (Phi) is 1.58. The molecule has 0 saturated carbocycles. The smallest absolute Gasteiger partial charge is 0.218 e. The number of rotatable bonds is 1. The minimum atomic E-state index is 0.443. The Bertz CT molecular complexity index is 357. The zero-order valence-electron chi connectivity index (χ0n) is 6.56. The van der Waals surface area contributed by atoms with E-state index < -0.39 is 0 Å². The largest absolute Gasteiger partial charge is 0.368 e. The maximum atomic E-state index is 5.54. The Morgan fingerprint density at radius 3 is 2.92 bits per heavy atom. The molecule has 0 spiro atoms. The summed E-state index contributed by atoms with van der Waals surface area (Å²) in [6, 6.07) is 3.94. The lowest BCUT2D eigenvalue weighted by atomic mass is 10.4. The third kappa shape index (κ3) is 1.08. The van der Waals surface area contributed by atoms with Crippen LogP contribution in [0.2, 0.25) is 0 Å². The molecule has 5 heteroatoms. The molecule has 0 fully saturated rings. The van der Waals surface area contributed by atoms with E-state index in [2.05, 4.69) is 10.1 Å². The molecule has 0 saturated heterocycles. The topological polar surface area (TPSA) is 56.7 Å². The van der Waals surface area contributed by atoms with Crippen molar-refractivity contribution in [2.45, 2.75) is 0 Å². The predicted octanol–water partition coefficient (Wildman–Crippen LogP) is 1.13. The minimum Gasteiger partial charge on any atom is -0.368 e. The van der Waals surface area contributed by atoms with Crippen LogP contribution >= 0.6 is 11.3 Å². The number of thiophene rings is 1. The highest BCUT2D eigenvalue weighted by atomic mass is 32.1. The van der Waals surface area contributed by atoms with Gasteiger partial charge in [-0.2, -0.15) is 4.98 Å². The second-order valence-corrected chi connectivity index (χ2v) is 3.34. The monoisotopic (exact) mass is 180 g/mol. The third-order valence-electron chi connectivity index (χ3n) is 1.54. The van der Waals surface area contributed by atoms with Gasteiger partial charge in [-0.15, -0.1) is 16.4 Å². The molecule has 0 bridgehead atoms. The maximum Gasteiger partial charge on any atom is 0.218 e. The number of hydrogen-bond donors (Lipinski definition) is 1. The summed E-state index contributed by atoms with van der Waals surface area (Å²) in [7, 11) is 1.78. The van der Waals surface area contributed by atoms with Gasteiger partial charge in [-0.25, -0.2) is 4.68 Å². The summed E-state index contributed by atoms with van der Waals surface area (Å²) in [5.41, 5.74) is 5.54. The molecule has 0 radical (unpaired) electrons. The summed E-state index contributed by atoms with van der Waals surface area (Å²) in [5, 5.41) is 6.13. The van der Waals surface area contributed by atoms with E-state index in [-0.39, 0.29) is 0 Å². The molecule has 2 N–H and O–H groups in total. The first-order chi connectivity index (χ1) is 5.77. The summed E-state index contributed by atoms with van der Waals surface area (Å²) in [6.45, 7) is 0. The first kappa shape index (κ1) is 7.30. The van der Waals surface area contributed by atoms with Crippen molar-refractivity contribution < 1.29 is 0 Å². The van der Waals surface area contributed by atoms with Crippen molar-refractivity contribution in [1.82, 2.24) is 14.8 Å². The zero-order chi connectivity index (χ0) is 8.55. The van der Waals surface area contributed by atoms with E-state index >= 15 is 0 Å². The second kappa shape index (κ2) is 2.60. The number of aryl methyl sites for hydroxylation is 1. The van der Waals surface area contributed by atoms with Crippen LogP contribution < -0.4 is 5.73 Å². The highest BCUT2D eigenvalue weighted by molar-refractivity contribution is 7.13. The molecule has 4 nitrogen and oxygen atoms in total. The van der Waals surface area contributed by atoms with Crippen LogP contribution in [0.4, 0.5) is 5.95 Å². The normalized spacial score (nSPS) is 10.4. The van der Waals surface area contributed by atoms with Crippen LogP contribution in [-0.2, 0) is 7.05 Å². The molecule has 2 rings (SSSR count). The SMILES string of the molecule is Cn1nc(-c2cccs2)nc1N. The third-order valence-corrected chi connectivity index (χ3v) is 2.40. The van der Waals surface area contributed by atoms with Crippen LogP contribution in [0.25, 0.3) is 10.7 Å². The predicted molar refractivity (Wildman–Crippen MR) is 48.7 cm³/mol. The van der Waals surface area contributed by atoms with Gasteiger partial charge in [0.1, 0.15) is 0 Å². The summed E-state index contributed by atoms with van der Waals surface area (Å²) in [4.78, 5) is 5.14. The number of nitrogens with two attached hydrogens (primary N) is 1. The Balaban J connectivity index is 2.48. The van der Waals surface area contributed by atoms with E-state index in [9.17, 15) is 0 Å². The number of nitrogen functional groups attached to an aromatic ring is 1. The van der Waals surface area contributed by atoms with Gasteiger partial charge < -0.3 is 5.73 Å². The number of aromatic nitrogens is 3. The fourth-order valence-corrected chi connectivity index (χ4v) is 1.56. The molecule has 12 heavy (non-hydrogen) atoms. The molecule has 0 amide bonds. The van der Waals surface area contributed by atoms with E-state index in [0.717, 1.165) is 4.88 Å². The number of anilines is 1. The highest BCUT2D eigenvalue weighted by Crippen LogP contribution is 2.21. The van der Waals surface area contributed by atoms with Gasteiger partial charge in [-0.1, -0.05) is 6.07 Å². The Labute approximate surface area is 73.7 Å². The number of hydrogen-bond acceptors (Lipinski definition) is 4. The van der Waals surface area contributed by atoms with Gasteiger partial charge in [0.2, 0.25) is 5.95 Å². The van der Waals surface area contributed by atoms with E-state index in [1.54, 1.807) is 23.1 Å². The van der Waals surface area contributed by atoms with Crippen LogP contribution in [0.5, 0.6) is 0 Å². The zero-order valence-corrected chi connectivity index (χ0v) is 7.38. The summed E-state index contributed by atoms with van der Waals surface area (Å²) in [5.74, 6) is 1.14. The molecule has 0 aromatic carbocycles. The highest BCUT2D eigenvalue weighted by Gasteiger charge is 2.06. The van der Waals surface area contributed by atoms with Crippen molar-refractivity contribution in [1.29, 1.82) is 0 Å². The summed E-state index contributed by atoms with van der Waals surface area (Å²) >= 11 is 1.60. The van der Waals surface area contributed by atoms with Gasteiger partial charge in [0.05, 0.1) is 4.88 Å². The van der Waals surface area contributed by atoms with Crippen LogP contribution in [0.1, 0.15) is 0 Å². The maximum absolute atomic E-state index is 5.54. The second-order valence-electron chi connectivity index (χ2n) is 2.39. The standard InChI is InChI=1S/C7H8N4S/c1-11-7(8)9-6(10-11)5-3-2-4-12-5/h2-4H,1H3,(H2,8,9,10). The van der Waals surface area contributed by atoms with Crippen molar-refractivity contribution in [3.8, 4) is 10.7 Å². The van der Waals surface area contributed by atoms with Gasteiger partial charge >= 0.3 is 0 Å². The molecule has 0 aliphatic heterocycles. The first-order valence-corrected chi connectivity index (χ1v) is 4.36. The summed E-state index contributed by atoms with van der Waals surface area (Å²) in [6.07, 6.45) is 0. The first-order valence-electron chi connectivity index (χ1n) is 3.48. The van der Waals surface area contributed by atoms with Crippen molar-refractivity contribution in [3.63, 3.8) is 0 Å². The lowest BCUT2D eigenvalue weighted by molar-refractivity contribution is 0.781. The van der Waals surface area contributed by atoms with Crippen molar-refractivity contribution in [2.75, 3.05) is 5.73 Å². The average molecular weight is 180 g/mol. The van der Waals surface area contributed by atoms with Crippen molar-refractivity contribution in [2.24, 2.45) is 7.05 Å². The fourth-order valence-electron chi connectivity index (χ4n) is 0.907. The summed E-state index contributed by atoms with van der Waals surface area (Å²) < 4.78 is 1.56. The molecule has 0 atom stereocenters.